The number of piperidine rings is 1. The number of likely N-dealkylation sites (N-methyl/N-ethyl adjacent to an activating group) is 2. The zero-order valence-corrected chi connectivity index (χ0v) is 15.7. The van der Waals surface area contributed by atoms with Gasteiger partial charge < -0.3 is 14.7 Å². The van der Waals surface area contributed by atoms with Gasteiger partial charge in [-0.15, -0.1) is 0 Å². The predicted octanol–water partition coefficient (Wildman–Crippen LogP) is 2.12. The van der Waals surface area contributed by atoms with Gasteiger partial charge in [0.05, 0.1) is 6.54 Å². The van der Waals surface area contributed by atoms with E-state index in [0.717, 1.165) is 58.4 Å². The lowest BCUT2D eigenvalue weighted by Gasteiger charge is -2.37. The summed E-state index contributed by atoms with van der Waals surface area (Å²) in [6.07, 6.45) is 8.76. The molecule has 3 aliphatic rings. The summed E-state index contributed by atoms with van der Waals surface area (Å²) in [6, 6.07) is 0.503. The van der Waals surface area contributed by atoms with Crippen LogP contribution < -0.4 is 0 Å². The van der Waals surface area contributed by atoms with Gasteiger partial charge in [-0.05, 0) is 45.4 Å². The van der Waals surface area contributed by atoms with Gasteiger partial charge in [-0.25, -0.2) is 4.79 Å². The summed E-state index contributed by atoms with van der Waals surface area (Å²) in [5, 5.41) is 0. The van der Waals surface area contributed by atoms with E-state index in [9.17, 15) is 9.59 Å². The fraction of sp³-hybridized carbons (Fsp3) is 0.789. The molecule has 0 radical (unpaired) electrons. The van der Waals surface area contributed by atoms with Crippen LogP contribution in [-0.2, 0) is 4.79 Å². The van der Waals surface area contributed by atoms with E-state index in [2.05, 4.69) is 17.9 Å². The molecule has 3 rings (SSSR count). The average molecular weight is 348 g/mol. The molecule has 6 nitrogen and oxygen atoms in total. The van der Waals surface area contributed by atoms with Gasteiger partial charge in [-0.3, -0.25) is 9.69 Å². The van der Waals surface area contributed by atoms with Crippen LogP contribution in [0.1, 0.15) is 45.4 Å². The first kappa shape index (κ1) is 18.2. The smallest absolute Gasteiger partial charge is 0.320 e. The molecule has 0 spiro atoms. The summed E-state index contributed by atoms with van der Waals surface area (Å²) in [5.74, 6) is 0.228. The zero-order valence-electron chi connectivity index (χ0n) is 15.7. The normalized spacial score (nSPS) is 23.1. The first-order valence-electron chi connectivity index (χ1n) is 9.83. The summed E-state index contributed by atoms with van der Waals surface area (Å²) >= 11 is 0. The van der Waals surface area contributed by atoms with Gasteiger partial charge in [-0.1, -0.05) is 6.08 Å². The number of nitrogens with zero attached hydrogens (tertiary/aromatic N) is 4. The first-order valence-corrected chi connectivity index (χ1v) is 9.83. The van der Waals surface area contributed by atoms with Gasteiger partial charge in [-0.2, -0.15) is 0 Å². The topological polar surface area (TPSA) is 47.1 Å². The van der Waals surface area contributed by atoms with E-state index in [1.54, 1.807) is 4.90 Å². The quantitative estimate of drug-likeness (QED) is 0.765. The summed E-state index contributed by atoms with van der Waals surface area (Å²) in [4.78, 5) is 32.9. The van der Waals surface area contributed by atoms with Gasteiger partial charge >= 0.3 is 6.03 Å². The zero-order chi connectivity index (χ0) is 17.8. The van der Waals surface area contributed by atoms with Crippen LogP contribution in [0.2, 0.25) is 0 Å². The molecule has 25 heavy (non-hydrogen) atoms. The Morgan fingerprint density at radius 2 is 1.96 bits per heavy atom. The highest BCUT2D eigenvalue weighted by atomic mass is 16.2. The van der Waals surface area contributed by atoms with E-state index >= 15 is 0 Å². The van der Waals surface area contributed by atoms with E-state index in [1.165, 1.54) is 18.5 Å². The van der Waals surface area contributed by atoms with Crippen molar-refractivity contribution in [3.63, 3.8) is 0 Å². The number of rotatable bonds is 5. The number of carbonyl (C=O) groups excluding carboxylic acids is 2. The predicted molar refractivity (Wildman–Crippen MR) is 98.1 cm³/mol. The third kappa shape index (κ3) is 4.17. The van der Waals surface area contributed by atoms with E-state index in [1.807, 2.05) is 16.8 Å². The second-order valence-corrected chi connectivity index (χ2v) is 7.48. The molecule has 0 aromatic heterocycles. The number of carbonyl (C=O) groups is 2. The molecule has 6 heteroatoms. The Kier molecular flexibility index (Phi) is 5.99. The van der Waals surface area contributed by atoms with Crippen LogP contribution in [-0.4, -0.2) is 83.9 Å². The van der Waals surface area contributed by atoms with Crippen molar-refractivity contribution in [2.45, 2.75) is 51.5 Å². The van der Waals surface area contributed by atoms with Gasteiger partial charge in [0.1, 0.15) is 0 Å². The maximum atomic E-state index is 12.7. The minimum absolute atomic E-state index is 0.163. The summed E-state index contributed by atoms with van der Waals surface area (Å²) in [7, 11) is 1.87. The van der Waals surface area contributed by atoms with Crippen molar-refractivity contribution in [1.29, 1.82) is 0 Å². The van der Waals surface area contributed by atoms with E-state index in [-0.39, 0.29) is 11.9 Å². The molecule has 2 saturated heterocycles. The molecule has 0 unspecified atom stereocenters. The summed E-state index contributed by atoms with van der Waals surface area (Å²) in [5.41, 5.74) is 1.22. The van der Waals surface area contributed by atoms with E-state index in [0.29, 0.717) is 12.6 Å². The second kappa shape index (κ2) is 8.21. The number of amides is 3. The lowest BCUT2D eigenvalue weighted by atomic mass is 10.0. The molecule has 0 atom stereocenters. The Morgan fingerprint density at radius 3 is 2.52 bits per heavy atom. The number of likely N-dealkylation sites (tertiary alicyclic amines) is 1. The Bertz CT molecular complexity index is 526. The molecule has 0 aromatic carbocycles. The van der Waals surface area contributed by atoms with Crippen molar-refractivity contribution >= 4 is 11.9 Å². The van der Waals surface area contributed by atoms with Crippen LogP contribution >= 0.6 is 0 Å². The fourth-order valence-electron chi connectivity index (χ4n) is 4.28. The molecule has 0 aromatic rings. The van der Waals surface area contributed by atoms with Crippen LogP contribution in [0.3, 0.4) is 0 Å². The Labute approximate surface area is 151 Å². The summed E-state index contributed by atoms with van der Waals surface area (Å²) < 4.78 is 0. The average Bonchev–Trinajstić information content (AvgIpc) is 2.96. The number of hydrogen-bond donors (Lipinski definition) is 0. The monoisotopic (exact) mass is 348 g/mol. The highest BCUT2D eigenvalue weighted by Gasteiger charge is 2.34. The first-order chi connectivity index (χ1) is 12.1. The highest BCUT2D eigenvalue weighted by Crippen LogP contribution is 2.23. The number of hydrogen-bond acceptors (Lipinski definition) is 3. The fourth-order valence-corrected chi connectivity index (χ4v) is 4.28. The molecule has 140 valence electrons. The van der Waals surface area contributed by atoms with Crippen LogP contribution in [0.15, 0.2) is 11.8 Å². The van der Waals surface area contributed by atoms with Crippen molar-refractivity contribution in [3.05, 3.63) is 11.8 Å². The van der Waals surface area contributed by atoms with Crippen LogP contribution in [0.25, 0.3) is 0 Å². The molecule has 0 N–H and O–H groups in total. The van der Waals surface area contributed by atoms with Crippen LogP contribution in [0.4, 0.5) is 4.79 Å². The number of urea groups is 1. The van der Waals surface area contributed by atoms with E-state index < -0.39 is 0 Å². The molecule has 3 amide bonds. The Hall–Kier alpha value is -1.56. The second-order valence-electron chi connectivity index (χ2n) is 7.48. The third-order valence-corrected chi connectivity index (χ3v) is 5.84. The molecule has 2 fully saturated rings. The Morgan fingerprint density at radius 1 is 1.20 bits per heavy atom. The SMILES string of the molecule is CCN(C(=O)CN1CCC(N2CCN(C)C2=O)CC1)C1=CCCCC1. The van der Waals surface area contributed by atoms with Crippen molar-refractivity contribution in [3.8, 4) is 0 Å². The lowest BCUT2D eigenvalue weighted by molar-refractivity contribution is -0.130. The van der Waals surface area contributed by atoms with Gasteiger partial charge in [0.2, 0.25) is 5.91 Å². The van der Waals surface area contributed by atoms with Crippen molar-refractivity contribution < 1.29 is 9.59 Å². The van der Waals surface area contributed by atoms with E-state index in [4.69, 9.17) is 0 Å². The third-order valence-electron chi connectivity index (χ3n) is 5.84. The molecule has 2 aliphatic heterocycles. The summed E-state index contributed by atoms with van der Waals surface area (Å²) in [6.45, 7) is 6.81. The maximum Gasteiger partial charge on any atom is 0.320 e. The van der Waals surface area contributed by atoms with Crippen LogP contribution in [0, 0.1) is 0 Å². The highest BCUT2D eigenvalue weighted by molar-refractivity contribution is 5.80. The van der Waals surface area contributed by atoms with Gasteiger partial charge in [0.25, 0.3) is 0 Å². The molecule has 0 saturated carbocycles. The standard InChI is InChI=1S/C19H32N4O2/c1-3-22(16-7-5-4-6-8-16)18(24)15-21-11-9-17(10-12-21)23-14-13-20(2)19(23)25/h7,17H,3-6,8-15H2,1-2H3. The maximum absolute atomic E-state index is 12.7. The Balaban J connectivity index is 1.49. The molecule has 1 aliphatic carbocycles. The van der Waals surface area contributed by atoms with Crippen LogP contribution in [0.5, 0.6) is 0 Å². The van der Waals surface area contributed by atoms with Crippen molar-refractivity contribution in [2.24, 2.45) is 0 Å². The lowest BCUT2D eigenvalue weighted by Crippen LogP contribution is -2.48. The molecule has 0 bridgehead atoms. The largest absolute Gasteiger partial charge is 0.326 e. The minimum Gasteiger partial charge on any atom is -0.326 e. The van der Waals surface area contributed by atoms with Crippen molar-refractivity contribution in [1.82, 2.24) is 19.6 Å². The van der Waals surface area contributed by atoms with Crippen molar-refractivity contribution in [2.75, 3.05) is 46.3 Å². The molecule has 2 heterocycles. The minimum atomic E-state index is 0.163. The molecular formula is C19H32N4O2. The molecular weight excluding hydrogens is 316 g/mol. The van der Waals surface area contributed by atoms with Gasteiger partial charge in [0.15, 0.2) is 0 Å². The van der Waals surface area contributed by atoms with Gasteiger partial charge in [0, 0.05) is 51.5 Å². The number of allylic oxidation sites excluding steroid dienone is 2.